The fourth-order valence-corrected chi connectivity index (χ4v) is 7.65. The van der Waals surface area contributed by atoms with Gasteiger partial charge in [-0.2, -0.15) is 0 Å². The van der Waals surface area contributed by atoms with Gasteiger partial charge in [0.25, 0.3) is 0 Å². The first-order valence-electron chi connectivity index (χ1n) is 23.9. The third-order valence-electron chi connectivity index (χ3n) is 11.2. The summed E-state index contributed by atoms with van der Waals surface area (Å²) in [6.07, 6.45) is 56.7. The van der Waals surface area contributed by atoms with Crippen molar-refractivity contribution >= 4 is 6.16 Å². The van der Waals surface area contributed by atoms with Gasteiger partial charge in [-0.05, 0) is 117 Å². The predicted octanol–water partition coefficient (Wildman–Crippen LogP) is 15.1. The third kappa shape index (κ3) is 35.1. The van der Waals surface area contributed by atoms with Crippen LogP contribution in [0.3, 0.4) is 0 Å². The van der Waals surface area contributed by atoms with E-state index in [0.717, 1.165) is 58.2 Å². The number of ether oxygens (including phenoxy) is 2. The molecule has 0 spiro atoms. The molecule has 0 radical (unpaired) electrons. The largest absolute Gasteiger partial charge is 0.508 e. The van der Waals surface area contributed by atoms with Gasteiger partial charge in [0, 0.05) is 25.7 Å². The lowest BCUT2D eigenvalue weighted by atomic mass is 9.94. The Morgan fingerprint density at radius 1 is 0.545 bits per heavy atom. The van der Waals surface area contributed by atoms with Gasteiger partial charge < -0.3 is 14.4 Å². The molecule has 0 aromatic rings. The number of hydrogen-bond donors (Lipinski definition) is 0. The number of carbonyl (C=O) groups excluding carboxylic acids is 1. The third-order valence-corrected chi connectivity index (χ3v) is 11.2. The van der Waals surface area contributed by atoms with E-state index in [1.54, 1.807) is 0 Å². The quantitative estimate of drug-likeness (QED) is 0.0355. The van der Waals surface area contributed by atoms with Crippen molar-refractivity contribution in [3.8, 4) is 0 Å². The van der Waals surface area contributed by atoms with Crippen molar-refractivity contribution in [2.45, 2.75) is 225 Å². The maximum Gasteiger partial charge on any atom is 0.508 e. The fourth-order valence-electron chi connectivity index (χ4n) is 7.65. The van der Waals surface area contributed by atoms with E-state index in [2.05, 4.69) is 86.4 Å². The zero-order valence-corrected chi connectivity index (χ0v) is 37.1. The topological polar surface area (TPSA) is 42.0 Å². The Bertz CT molecular complexity index is 887. The lowest BCUT2D eigenvalue weighted by Gasteiger charge is -2.34. The summed E-state index contributed by atoms with van der Waals surface area (Å²) in [5.74, 6) is 0. The standard InChI is InChI=1S/C50H92N2O3/c1-5-7-9-11-13-15-17-19-21-23-25-27-29-31-33-38-42-49(43-39-34-32-30-28-26-24-22-20-18-16-14-12-10-8-6-2)55-50(53)54-47-46-52(45-44-51(3)4)48-40-36-35-37-41-48/h13-16,19-22,48-49H,5-12,17-18,23-47H2,1-4H3/b15-13-,16-14-,21-19-,22-20-. The summed E-state index contributed by atoms with van der Waals surface area (Å²) in [7, 11) is 4.27. The van der Waals surface area contributed by atoms with Gasteiger partial charge in [0.1, 0.15) is 12.7 Å². The minimum atomic E-state index is -0.457. The van der Waals surface area contributed by atoms with Gasteiger partial charge in [-0.3, -0.25) is 4.90 Å². The Balaban J connectivity index is 2.35. The summed E-state index contributed by atoms with van der Waals surface area (Å²) in [6.45, 7) is 7.81. The molecular formula is C50H92N2O3. The average molecular weight is 769 g/mol. The van der Waals surface area contributed by atoms with Crippen LogP contribution >= 0.6 is 0 Å². The van der Waals surface area contributed by atoms with E-state index in [1.165, 1.54) is 161 Å². The van der Waals surface area contributed by atoms with Gasteiger partial charge in [0.15, 0.2) is 0 Å². The molecule has 0 amide bonds. The van der Waals surface area contributed by atoms with E-state index in [-0.39, 0.29) is 6.10 Å². The molecule has 1 saturated carbocycles. The molecule has 55 heavy (non-hydrogen) atoms. The van der Waals surface area contributed by atoms with Crippen LogP contribution in [0.4, 0.5) is 4.79 Å². The molecule has 0 aliphatic heterocycles. The van der Waals surface area contributed by atoms with E-state index in [0.29, 0.717) is 12.6 Å². The first-order valence-corrected chi connectivity index (χ1v) is 23.9. The molecular weight excluding hydrogens is 677 g/mol. The molecule has 320 valence electrons. The van der Waals surface area contributed by atoms with E-state index in [1.807, 2.05) is 0 Å². The SMILES string of the molecule is CCCCC/C=C\C/C=C\CCCCCCCCC(CCCCCCCC/C=C\C/C=C\CCCCC)OC(=O)OCCN(CCN(C)C)C1CCCCC1. The summed E-state index contributed by atoms with van der Waals surface area (Å²) in [4.78, 5) is 17.7. The first-order chi connectivity index (χ1) is 27.1. The van der Waals surface area contributed by atoms with Crippen LogP contribution in [0.15, 0.2) is 48.6 Å². The summed E-state index contributed by atoms with van der Waals surface area (Å²) >= 11 is 0. The molecule has 0 saturated heterocycles. The minimum Gasteiger partial charge on any atom is -0.433 e. The van der Waals surface area contributed by atoms with E-state index < -0.39 is 6.16 Å². The highest BCUT2D eigenvalue weighted by Crippen LogP contribution is 2.23. The summed E-state index contributed by atoms with van der Waals surface area (Å²) in [5.41, 5.74) is 0. The Labute approximate surface area is 343 Å². The maximum absolute atomic E-state index is 12.9. The molecule has 5 nitrogen and oxygen atoms in total. The number of nitrogens with zero attached hydrogens (tertiary/aromatic N) is 2. The van der Waals surface area contributed by atoms with Crippen LogP contribution in [0.5, 0.6) is 0 Å². The van der Waals surface area contributed by atoms with Crippen LogP contribution < -0.4 is 0 Å². The lowest BCUT2D eigenvalue weighted by molar-refractivity contribution is 0.00805. The predicted molar refractivity (Wildman–Crippen MR) is 241 cm³/mol. The molecule has 0 bridgehead atoms. The molecule has 0 N–H and O–H groups in total. The second-order valence-electron chi connectivity index (χ2n) is 16.7. The van der Waals surface area contributed by atoms with Crippen molar-refractivity contribution in [1.82, 2.24) is 9.80 Å². The molecule has 0 heterocycles. The number of likely N-dealkylation sites (N-methyl/N-ethyl adjacent to an activating group) is 1. The number of rotatable bonds is 38. The second kappa shape index (κ2) is 40.4. The van der Waals surface area contributed by atoms with Crippen molar-refractivity contribution in [3.05, 3.63) is 48.6 Å². The number of carbonyl (C=O) groups is 1. The average Bonchev–Trinajstić information content (AvgIpc) is 3.18. The highest BCUT2D eigenvalue weighted by Gasteiger charge is 2.22. The van der Waals surface area contributed by atoms with Gasteiger partial charge in [0.2, 0.25) is 0 Å². The highest BCUT2D eigenvalue weighted by atomic mass is 16.7. The number of allylic oxidation sites excluding steroid dienone is 8. The van der Waals surface area contributed by atoms with Crippen LogP contribution in [0.25, 0.3) is 0 Å². The molecule has 1 fully saturated rings. The zero-order valence-electron chi connectivity index (χ0n) is 37.1. The van der Waals surface area contributed by atoms with Crippen molar-refractivity contribution < 1.29 is 14.3 Å². The molecule has 0 aromatic carbocycles. The van der Waals surface area contributed by atoms with Crippen molar-refractivity contribution in [1.29, 1.82) is 0 Å². The smallest absolute Gasteiger partial charge is 0.433 e. The van der Waals surface area contributed by atoms with Crippen LogP contribution in [0.2, 0.25) is 0 Å². The van der Waals surface area contributed by atoms with Gasteiger partial charge in [-0.25, -0.2) is 4.79 Å². The Morgan fingerprint density at radius 2 is 0.982 bits per heavy atom. The molecule has 1 rings (SSSR count). The Kier molecular flexibility index (Phi) is 37.5. The number of unbranched alkanes of at least 4 members (excludes halogenated alkanes) is 18. The summed E-state index contributed by atoms with van der Waals surface area (Å²) < 4.78 is 11.7. The van der Waals surface area contributed by atoms with Crippen molar-refractivity contribution in [3.63, 3.8) is 0 Å². The van der Waals surface area contributed by atoms with Crippen LogP contribution in [0.1, 0.15) is 213 Å². The van der Waals surface area contributed by atoms with E-state index >= 15 is 0 Å². The van der Waals surface area contributed by atoms with Crippen molar-refractivity contribution in [2.75, 3.05) is 40.3 Å². The van der Waals surface area contributed by atoms with Crippen LogP contribution in [0, 0.1) is 0 Å². The number of hydrogen-bond acceptors (Lipinski definition) is 5. The second-order valence-corrected chi connectivity index (χ2v) is 16.7. The van der Waals surface area contributed by atoms with Crippen LogP contribution in [-0.2, 0) is 9.47 Å². The zero-order chi connectivity index (χ0) is 39.7. The molecule has 1 aliphatic rings. The first kappa shape index (κ1) is 51.2. The lowest BCUT2D eigenvalue weighted by Crippen LogP contribution is -2.42. The Hall–Kier alpha value is -1.85. The highest BCUT2D eigenvalue weighted by molar-refractivity contribution is 5.60. The van der Waals surface area contributed by atoms with Gasteiger partial charge in [-0.1, -0.05) is 159 Å². The Morgan fingerprint density at radius 3 is 1.44 bits per heavy atom. The maximum atomic E-state index is 12.9. The molecule has 5 heteroatoms. The van der Waals surface area contributed by atoms with E-state index in [9.17, 15) is 4.79 Å². The summed E-state index contributed by atoms with van der Waals surface area (Å²) in [5, 5.41) is 0. The molecule has 1 aliphatic carbocycles. The molecule has 0 unspecified atom stereocenters. The van der Waals surface area contributed by atoms with Gasteiger partial charge in [0.05, 0.1) is 0 Å². The van der Waals surface area contributed by atoms with Gasteiger partial charge >= 0.3 is 6.16 Å². The normalized spacial score (nSPS) is 14.4. The van der Waals surface area contributed by atoms with Crippen LogP contribution in [-0.4, -0.2) is 68.4 Å². The molecule has 0 aromatic heterocycles. The van der Waals surface area contributed by atoms with E-state index in [4.69, 9.17) is 9.47 Å². The van der Waals surface area contributed by atoms with Crippen molar-refractivity contribution in [2.24, 2.45) is 0 Å². The molecule has 0 atom stereocenters. The van der Waals surface area contributed by atoms with Gasteiger partial charge in [-0.15, -0.1) is 0 Å². The summed E-state index contributed by atoms with van der Waals surface area (Å²) in [6, 6.07) is 0.619. The minimum absolute atomic E-state index is 0.0210. The monoisotopic (exact) mass is 769 g/mol. The fraction of sp³-hybridized carbons (Fsp3) is 0.820.